The van der Waals surface area contributed by atoms with Crippen LogP contribution < -0.4 is 29.4 Å². The zero-order valence-electron chi connectivity index (χ0n) is 18.8. The van der Waals surface area contributed by atoms with Crippen LogP contribution in [0, 0.1) is 21.4 Å². The smallest absolute Gasteiger partial charge is 0.269 e. The molecule has 0 saturated heterocycles. The van der Waals surface area contributed by atoms with E-state index >= 15 is 0 Å². The fourth-order valence-corrected chi connectivity index (χ4v) is 4.38. The Morgan fingerprint density at radius 1 is 1.17 bits per heavy atom. The molecule has 3 aromatic rings. The van der Waals surface area contributed by atoms with Crippen molar-refractivity contribution in [3.63, 3.8) is 0 Å². The first kappa shape index (κ1) is 23.1. The molecule has 11 heteroatoms. The summed E-state index contributed by atoms with van der Waals surface area (Å²) >= 11 is 6.61. The lowest BCUT2D eigenvalue weighted by molar-refractivity contribution is -0.384. The Bertz CT molecular complexity index is 1450. The van der Waals surface area contributed by atoms with Crippen LogP contribution in [0.4, 0.5) is 5.69 Å². The molecule has 2 heterocycles. The molecule has 0 unspecified atom stereocenters. The second kappa shape index (κ2) is 9.20. The lowest BCUT2D eigenvalue weighted by atomic mass is 9.83. The first-order valence-electron chi connectivity index (χ1n) is 10.6. The molecule has 2 aliphatic rings. The number of halogens is 1. The fourth-order valence-electron chi connectivity index (χ4n) is 4.11. The van der Waals surface area contributed by atoms with Gasteiger partial charge in [-0.15, -0.1) is 0 Å². The molecule has 10 nitrogen and oxygen atoms in total. The van der Waals surface area contributed by atoms with Crippen molar-refractivity contribution in [3.8, 4) is 34.8 Å². The highest BCUT2D eigenvalue weighted by molar-refractivity contribution is 6.32. The zero-order valence-corrected chi connectivity index (χ0v) is 19.6. The number of nitrogens with two attached hydrogens (primary N) is 1. The minimum atomic E-state index is -0.608. The Hall–Kier alpha value is -4.62. The number of hydrogen-bond acceptors (Lipinski definition) is 9. The van der Waals surface area contributed by atoms with Crippen molar-refractivity contribution >= 4 is 17.3 Å². The Balaban J connectivity index is 1.51. The van der Waals surface area contributed by atoms with E-state index in [0.717, 1.165) is 0 Å². The van der Waals surface area contributed by atoms with Crippen LogP contribution in [0.2, 0.25) is 5.02 Å². The van der Waals surface area contributed by atoms with Gasteiger partial charge >= 0.3 is 0 Å². The van der Waals surface area contributed by atoms with Gasteiger partial charge in [0.1, 0.15) is 24.0 Å². The number of ether oxygens (including phenoxy) is 5. The van der Waals surface area contributed by atoms with Gasteiger partial charge in [0, 0.05) is 23.8 Å². The van der Waals surface area contributed by atoms with Crippen molar-refractivity contribution in [2.75, 3.05) is 13.9 Å². The predicted molar refractivity (Wildman–Crippen MR) is 127 cm³/mol. The number of rotatable bonds is 6. The number of nitro groups is 1. The van der Waals surface area contributed by atoms with Crippen LogP contribution in [0.15, 0.2) is 60.0 Å². The fraction of sp³-hybridized carbons (Fsp3) is 0.160. The quantitative estimate of drug-likeness (QED) is 0.368. The summed E-state index contributed by atoms with van der Waals surface area (Å²) in [6.07, 6.45) is 0. The summed E-state index contributed by atoms with van der Waals surface area (Å²) in [7, 11) is 1.47. The third-order valence-corrected chi connectivity index (χ3v) is 6.11. The largest absolute Gasteiger partial charge is 0.493 e. The molecule has 2 aliphatic heterocycles. The summed E-state index contributed by atoms with van der Waals surface area (Å²) in [5.41, 5.74) is 8.27. The normalized spacial score (nSPS) is 15.5. The van der Waals surface area contributed by atoms with E-state index in [1.54, 1.807) is 36.4 Å². The molecule has 2 N–H and O–H groups in total. The van der Waals surface area contributed by atoms with Crippen molar-refractivity contribution in [2.45, 2.75) is 12.5 Å². The summed E-state index contributed by atoms with van der Waals surface area (Å²) in [6.45, 7) is 0.185. The highest BCUT2D eigenvalue weighted by atomic mass is 35.5. The lowest BCUT2D eigenvalue weighted by Gasteiger charge is -2.27. The number of hydrogen-bond donors (Lipinski definition) is 1. The van der Waals surface area contributed by atoms with Crippen molar-refractivity contribution in [1.82, 2.24) is 0 Å². The van der Waals surface area contributed by atoms with Crippen LogP contribution in [-0.4, -0.2) is 18.8 Å². The maximum absolute atomic E-state index is 10.9. The molecule has 0 spiro atoms. The topological polar surface area (TPSA) is 139 Å². The summed E-state index contributed by atoms with van der Waals surface area (Å²) in [5, 5.41) is 21.0. The summed E-state index contributed by atoms with van der Waals surface area (Å²) in [6, 6.07) is 14.9. The van der Waals surface area contributed by atoms with Crippen LogP contribution >= 0.6 is 11.6 Å². The summed E-state index contributed by atoms with van der Waals surface area (Å²) in [5.74, 6) is 1.48. The first-order valence-corrected chi connectivity index (χ1v) is 11.0. The molecule has 0 fully saturated rings. The van der Waals surface area contributed by atoms with Crippen molar-refractivity contribution < 1.29 is 28.6 Å². The number of methoxy groups -OCH3 is 1. The Labute approximate surface area is 210 Å². The molecule has 36 heavy (non-hydrogen) atoms. The van der Waals surface area contributed by atoms with E-state index in [-0.39, 0.29) is 41.3 Å². The third-order valence-electron chi connectivity index (χ3n) is 5.83. The van der Waals surface area contributed by atoms with Crippen LogP contribution in [0.25, 0.3) is 0 Å². The number of nitriles is 1. The minimum Gasteiger partial charge on any atom is -0.493 e. The highest BCUT2D eigenvalue weighted by Crippen LogP contribution is 2.50. The molecule has 5 rings (SSSR count). The second-order valence-electron chi connectivity index (χ2n) is 7.91. The Morgan fingerprint density at radius 3 is 2.56 bits per heavy atom. The van der Waals surface area contributed by atoms with Crippen LogP contribution in [0.5, 0.6) is 28.7 Å². The number of benzene rings is 3. The van der Waals surface area contributed by atoms with Gasteiger partial charge in [-0.05, 0) is 41.5 Å². The molecule has 0 aromatic heterocycles. The van der Waals surface area contributed by atoms with Gasteiger partial charge in [-0.25, -0.2) is 0 Å². The maximum Gasteiger partial charge on any atom is 0.269 e. The number of nitro benzene ring substituents is 1. The van der Waals surface area contributed by atoms with Gasteiger partial charge in [-0.2, -0.15) is 5.26 Å². The molecular weight excluding hydrogens is 490 g/mol. The number of fused-ring (bicyclic) bond motifs is 2. The second-order valence-corrected chi connectivity index (χ2v) is 8.32. The van der Waals surface area contributed by atoms with Gasteiger partial charge in [0.15, 0.2) is 23.0 Å². The van der Waals surface area contributed by atoms with E-state index in [0.29, 0.717) is 39.7 Å². The van der Waals surface area contributed by atoms with E-state index in [2.05, 4.69) is 6.07 Å². The van der Waals surface area contributed by atoms with Crippen LogP contribution in [0.1, 0.15) is 22.6 Å². The SMILES string of the molecule is COc1cc([C@H]2C(C#N)=C(N)Oc3cc4c(cc32)OCO4)cc(Cl)c1OCc1ccc([N+](=O)[O-])cc1. The van der Waals surface area contributed by atoms with Gasteiger partial charge in [0.2, 0.25) is 12.7 Å². The van der Waals surface area contributed by atoms with E-state index in [1.807, 2.05) is 0 Å². The van der Waals surface area contributed by atoms with Gasteiger partial charge in [0.05, 0.1) is 23.0 Å². The number of nitrogens with zero attached hydrogens (tertiary/aromatic N) is 2. The van der Waals surface area contributed by atoms with E-state index in [9.17, 15) is 15.4 Å². The molecule has 0 radical (unpaired) electrons. The van der Waals surface area contributed by atoms with Gasteiger partial charge in [-0.3, -0.25) is 10.1 Å². The van der Waals surface area contributed by atoms with Crippen LogP contribution in [0.3, 0.4) is 0 Å². The molecule has 182 valence electrons. The van der Waals surface area contributed by atoms with Gasteiger partial charge < -0.3 is 29.4 Å². The minimum absolute atomic E-state index is 0.0151. The molecule has 0 bridgehead atoms. The summed E-state index contributed by atoms with van der Waals surface area (Å²) < 4.78 is 28.1. The number of non-ortho nitro benzene ring substituents is 1. The molecule has 0 aliphatic carbocycles. The maximum atomic E-state index is 10.9. The molecule has 3 aromatic carbocycles. The highest BCUT2D eigenvalue weighted by Gasteiger charge is 2.34. The Morgan fingerprint density at radius 2 is 1.89 bits per heavy atom. The van der Waals surface area contributed by atoms with Gasteiger partial charge in [0.25, 0.3) is 5.69 Å². The first-order chi connectivity index (χ1) is 17.4. The van der Waals surface area contributed by atoms with E-state index < -0.39 is 10.8 Å². The average Bonchev–Trinajstić information content (AvgIpc) is 3.33. The number of allylic oxidation sites excluding steroid dienone is 1. The van der Waals surface area contributed by atoms with Crippen molar-refractivity contribution in [1.29, 1.82) is 5.26 Å². The zero-order chi connectivity index (χ0) is 25.4. The summed E-state index contributed by atoms with van der Waals surface area (Å²) in [4.78, 5) is 10.4. The van der Waals surface area contributed by atoms with Crippen molar-refractivity contribution in [3.05, 3.63) is 91.8 Å². The van der Waals surface area contributed by atoms with Crippen molar-refractivity contribution in [2.24, 2.45) is 5.73 Å². The standard InChI is InChI=1S/C25H18ClN3O7/c1-32-22-7-14(6-18(26)24(22)33-11-13-2-4-15(5-3-13)29(30)31)23-16-8-20-21(35-12-34-20)9-19(16)36-25(28)17(23)10-27/h2-9,23H,11-12,28H2,1H3/t23-/m1/s1. The molecular formula is C25H18ClN3O7. The van der Waals surface area contributed by atoms with E-state index in [4.69, 9.17) is 41.0 Å². The Kier molecular flexibility index (Phi) is 5.91. The third kappa shape index (κ3) is 4.06. The molecule has 0 amide bonds. The predicted octanol–water partition coefficient (Wildman–Crippen LogP) is 4.78. The molecule has 1 atom stereocenters. The monoisotopic (exact) mass is 507 g/mol. The van der Waals surface area contributed by atoms with E-state index in [1.165, 1.54) is 19.2 Å². The van der Waals surface area contributed by atoms with Gasteiger partial charge in [-0.1, -0.05) is 11.6 Å². The average molecular weight is 508 g/mol. The lowest BCUT2D eigenvalue weighted by Crippen LogP contribution is -2.21. The molecule has 0 saturated carbocycles. The van der Waals surface area contributed by atoms with Crippen LogP contribution in [-0.2, 0) is 6.61 Å².